The van der Waals surface area contributed by atoms with Crippen LogP contribution in [0, 0.1) is 37.5 Å². The molecule has 1 N–H and O–H groups in total. The lowest BCUT2D eigenvalue weighted by atomic mass is 9.93. The minimum Gasteiger partial charge on any atom is -0.456 e. The summed E-state index contributed by atoms with van der Waals surface area (Å²) in [4.78, 5) is 1.33. The van der Waals surface area contributed by atoms with Crippen molar-refractivity contribution in [1.82, 2.24) is 4.58 Å². The number of nitrogens with zero attached hydrogens (tertiary/aromatic N) is 3. The van der Waals surface area contributed by atoms with Crippen LogP contribution < -0.4 is 14.8 Å². The molecule has 0 atom stereocenters. The molecule has 9 heteroatoms. The van der Waals surface area contributed by atoms with Gasteiger partial charge in [0.15, 0.2) is 0 Å². The number of sulfone groups is 1. The molecule has 0 saturated heterocycles. The molecule has 1 aliphatic heterocycles. The summed E-state index contributed by atoms with van der Waals surface area (Å²) in [6.45, 7) is 11.8. The summed E-state index contributed by atoms with van der Waals surface area (Å²) in [5, 5.41) is 19.4. The molecule has 4 aromatic carbocycles. The number of para-hydroxylation sites is 1. The molecule has 6 rings (SSSR count). The topological polar surface area (TPSA) is 101 Å². The second-order valence-electron chi connectivity index (χ2n) is 12.1. The monoisotopic (exact) mass is 699 g/mol. The van der Waals surface area contributed by atoms with E-state index in [1.54, 1.807) is 24.3 Å². The number of fused-ring (bicyclic) bond motifs is 2. The number of hydrogen-bond acceptors (Lipinski definition) is 6. The van der Waals surface area contributed by atoms with E-state index in [9.17, 15) is 13.7 Å². The summed E-state index contributed by atoms with van der Waals surface area (Å²) in [5.41, 5.74) is 8.63. The Bertz CT molecular complexity index is 2540. The normalized spacial score (nSPS) is 12.0. The van der Waals surface area contributed by atoms with Crippen molar-refractivity contribution in [2.24, 2.45) is 0 Å². The first-order valence-corrected chi connectivity index (χ1v) is 18.2. The number of rotatable bonds is 8. The maximum Gasteiger partial charge on any atom is 0.226 e. The summed E-state index contributed by atoms with van der Waals surface area (Å²) in [5.74, 6) is 2.39. The first kappa shape index (κ1) is 34.4. The fourth-order valence-corrected chi connectivity index (χ4v) is 8.20. The van der Waals surface area contributed by atoms with E-state index in [4.69, 9.17) is 21.4 Å². The molecule has 250 valence electrons. The van der Waals surface area contributed by atoms with Gasteiger partial charge in [-0.15, -0.1) is 0 Å². The van der Waals surface area contributed by atoms with E-state index in [2.05, 4.69) is 55.4 Å². The number of allylic oxidation sites excluding steroid dienone is 1. The van der Waals surface area contributed by atoms with E-state index < -0.39 is 14.7 Å². The van der Waals surface area contributed by atoms with Gasteiger partial charge in [0.1, 0.15) is 24.0 Å². The Morgan fingerprint density at radius 3 is 2.28 bits per heavy atom. The van der Waals surface area contributed by atoms with E-state index in [-0.39, 0.29) is 4.90 Å². The van der Waals surface area contributed by atoms with Crippen molar-refractivity contribution < 1.29 is 12.8 Å². The number of benzene rings is 5. The largest absolute Gasteiger partial charge is 0.456 e. The van der Waals surface area contributed by atoms with Gasteiger partial charge >= 0.3 is 0 Å². The fraction of sp³-hybridized carbons (Fsp3) is 0.171. The van der Waals surface area contributed by atoms with Crippen LogP contribution in [0.3, 0.4) is 0 Å². The Hall–Kier alpha value is -5.45. The molecule has 0 saturated carbocycles. The number of nitriles is 1. The quantitative estimate of drug-likeness (QED) is 0.0738. The molecule has 0 spiro atoms. The molecule has 0 radical (unpaired) electrons. The Labute approximate surface area is 297 Å². The van der Waals surface area contributed by atoms with Gasteiger partial charge in [-0.2, -0.15) is 9.84 Å². The van der Waals surface area contributed by atoms with Gasteiger partial charge < -0.3 is 9.32 Å². The third kappa shape index (κ3) is 6.01. The fourth-order valence-electron chi connectivity index (χ4n) is 6.78. The highest BCUT2D eigenvalue weighted by Crippen LogP contribution is 2.44. The Morgan fingerprint density at radius 1 is 0.880 bits per heavy atom. The van der Waals surface area contributed by atoms with Crippen LogP contribution in [0.5, 0.6) is 0 Å². The van der Waals surface area contributed by atoms with Crippen LogP contribution in [0.25, 0.3) is 33.4 Å². The number of halogens is 1. The maximum absolute atomic E-state index is 13.8. The van der Waals surface area contributed by atoms with Gasteiger partial charge in [0.2, 0.25) is 25.8 Å². The number of hydrogen-bond donors (Lipinski definition) is 1. The van der Waals surface area contributed by atoms with Crippen LogP contribution in [0.2, 0.25) is 5.02 Å². The molecule has 4 aromatic rings. The van der Waals surface area contributed by atoms with Crippen molar-refractivity contribution >= 4 is 55.3 Å². The highest BCUT2D eigenvalue weighted by atomic mass is 35.5. The SMILES string of the molecule is CCN(c1ccc2c(-c3ccccc3S(=O)(=O)C(=C=N)C#N)c3ccc(=[N+](CC)c4c(C)cccc4C)cc-3oc2c1)c1ccc(Cl)cc1C. The maximum atomic E-state index is 13.8. The third-order valence-corrected chi connectivity index (χ3v) is 10.9. The van der Waals surface area contributed by atoms with Crippen LogP contribution in [0.1, 0.15) is 30.5 Å². The zero-order chi connectivity index (χ0) is 35.7. The van der Waals surface area contributed by atoms with Crippen molar-refractivity contribution in [2.75, 3.05) is 18.0 Å². The summed E-state index contributed by atoms with van der Waals surface area (Å²) >= 11 is 6.29. The van der Waals surface area contributed by atoms with E-state index >= 15 is 0 Å². The summed E-state index contributed by atoms with van der Waals surface area (Å²) in [6, 6.07) is 32.2. The predicted molar refractivity (Wildman–Crippen MR) is 203 cm³/mol. The van der Waals surface area contributed by atoms with Crippen molar-refractivity contribution in [3.63, 3.8) is 0 Å². The van der Waals surface area contributed by atoms with Gasteiger partial charge in [0.05, 0.1) is 11.0 Å². The van der Waals surface area contributed by atoms with Crippen molar-refractivity contribution in [3.05, 3.63) is 129 Å². The van der Waals surface area contributed by atoms with Crippen LogP contribution >= 0.6 is 11.6 Å². The Morgan fingerprint density at radius 2 is 1.62 bits per heavy atom. The van der Waals surface area contributed by atoms with Crippen LogP contribution in [0.4, 0.5) is 17.1 Å². The summed E-state index contributed by atoms with van der Waals surface area (Å²) in [7, 11) is -4.36. The first-order chi connectivity index (χ1) is 24.0. The number of aryl methyl sites for hydroxylation is 3. The van der Waals surface area contributed by atoms with Crippen molar-refractivity contribution in [2.45, 2.75) is 39.5 Å². The van der Waals surface area contributed by atoms with E-state index in [0.29, 0.717) is 51.5 Å². The molecule has 0 fully saturated rings. The molecule has 7 nitrogen and oxygen atoms in total. The summed E-state index contributed by atoms with van der Waals surface area (Å²) in [6.07, 6.45) is 0. The van der Waals surface area contributed by atoms with E-state index in [1.807, 2.05) is 67.4 Å². The second-order valence-corrected chi connectivity index (χ2v) is 14.4. The van der Waals surface area contributed by atoms with Crippen LogP contribution in [-0.2, 0) is 9.84 Å². The van der Waals surface area contributed by atoms with E-state index in [1.165, 1.54) is 6.07 Å². The average molecular weight is 700 g/mol. The average Bonchev–Trinajstić information content (AvgIpc) is 3.10. The molecule has 50 heavy (non-hydrogen) atoms. The van der Waals surface area contributed by atoms with E-state index in [0.717, 1.165) is 39.1 Å². The molecule has 0 amide bonds. The van der Waals surface area contributed by atoms with Gasteiger partial charge in [-0.25, -0.2) is 8.42 Å². The van der Waals surface area contributed by atoms with Gasteiger partial charge in [-0.3, -0.25) is 5.41 Å². The third-order valence-electron chi connectivity index (χ3n) is 9.03. The zero-order valence-electron chi connectivity index (χ0n) is 28.5. The van der Waals surface area contributed by atoms with Crippen LogP contribution in [-0.4, -0.2) is 27.4 Å². The molecule has 0 unspecified atom stereocenters. The van der Waals surface area contributed by atoms with Crippen molar-refractivity contribution in [3.8, 4) is 28.5 Å². The standard InChI is InChI=1S/C41H36ClN4O3S/c1-6-45(36-20-15-29(42)21-28(36)5)30-16-18-33-37(22-30)49-38-23-31(46(7-2)41-26(3)11-10-12-27(41)4)17-19-34(38)40(33)35-13-8-9-14-39(35)50(47,48)32(24-43)25-44/h8-23,43H,6-7H2,1-5H3/q+1. The Balaban J connectivity index is 1.72. The predicted octanol–water partition coefficient (Wildman–Crippen LogP) is 9.49. The first-order valence-electron chi connectivity index (χ1n) is 16.3. The molecular formula is C41H36ClN4O3S+. The number of nitrogens with one attached hydrogen (secondary N) is 1. The minimum atomic E-state index is -4.36. The van der Waals surface area contributed by atoms with Crippen LogP contribution in [0.15, 0.2) is 111 Å². The molecule has 0 bridgehead atoms. The van der Waals surface area contributed by atoms with Gasteiger partial charge in [0, 0.05) is 74.1 Å². The summed E-state index contributed by atoms with van der Waals surface area (Å²) < 4.78 is 36.5. The smallest absolute Gasteiger partial charge is 0.226 e. The van der Waals surface area contributed by atoms with Crippen molar-refractivity contribution in [1.29, 1.82) is 10.7 Å². The second kappa shape index (κ2) is 13.8. The highest BCUT2D eigenvalue weighted by Gasteiger charge is 2.29. The highest BCUT2D eigenvalue weighted by molar-refractivity contribution is 7.96. The van der Waals surface area contributed by atoms with Gasteiger partial charge in [-0.1, -0.05) is 48.0 Å². The lowest BCUT2D eigenvalue weighted by Crippen LogP contribution is -2.26. The Kier molecular flexibility index (Phi) is 9.51. The molecule has 0 aromatic heterocycles. The molecule has 1 heterocycles. The van der Waals surface area contributed by atoms with Gasteiger partial charge in [0.25, 0.3) is 0 Å². The molecular weight excluding hydrogens is 664 g/mol. The number of anilines is 2. The molecule has 1 aliphatic carbocycles. The molecule has 2 aliphatic rings. The minimum absolute atomic E-state index is 0.0871. The lowest BCUT2D eigenvalue weighted by molar-refractivity contribution is 0.603. The van der Waals surface area contributed by atoms with Gasteiger partial charge in [-0.05, 0) is 82.6 Å². The zero-order valence-corrected chi connectivity index (χ0v) is 30.1. The lowest BCUT2D eigenvalue weighted by Gasteiger charge is -2.26.